The molecule has 1 aromatic rings. The van der Waals surface area contributed by atoms with E-state index in [1.807, 2.05) is 0 Å². The van der Waals surface area contributed by atoms with Gasteiger partial charge in [-0.1, -0.05) is 19.3 Å². The summed E-state index contributed by atoms with van der Waals surface area (Å²) < 4.78 is 39.5. The largest absolute Gasteiger partial charge is 0.263 e. The molecule has 0 spiro atoms. The highest BCUT2D eigenvalue weighted by atomic mass is 32.2. The van der Waals surface area contributed by atoms with Crippen LogP contribution < -0.4 is 0 Å². The summed E-state index contributed by atoms with van der Waals surface area (Å²) >= 11 is 0. The zero-order valence-electron chi connectivity index (χ0n) is 10.2. The van der Waals surface area contributed by atoms with Crippen molar-refractivity contribution in [3.05, 3.63) is 24.1 Å². The number of rotatable bonds is 2. The van der Waals surface area contributed by atoms with E-state index in [2.05, 4.69) is 4.98 Å². The Morgan fingerprint density at radius 3 is 2.33 bits per heavy atom. The van der Waals surface area contributed by atoms with E-state index in [4.69, 9.17) is 0 Å². The molecule has 1 aliphatic rings. The van der Waals surface area contributed by atoms with Crippen molar-refractivity contribution in [2.24, 2.45) is 0 Å². The minimum atomic E-state index is -3.79. The van der Waals surface area contributed by atoms with Crippen LogP contribution in [-0.2, 0) is 10.0 Å². The van der Waals surface area contributed by atoms with Crippen molar-refractivity contribution in [3.8, 4) is 0 Å². The maximum atomic E-state index is 13.6. The third-order valence-electron chi connectivity index (χ3n) is 3.12. The van der Waals surface area contributed by atoms with Crippen LogP contribution in [0.2, 0.25) is 0 Å². The van der Waals surface area contributed by atoms with Crippen molar-refractivity contribution < 1.29 is 12.8 Å². The summed E-state index contributed by atoms with van der Waals surface area (Å²) in [7, 11) is -3.79. The molecule has 1 aliphatic heterocycles. The van der Waals surface area contributed by atoms with Gasteiger partial charge >= 0.3 is 0 Å². The maximum Gasteiger partial charge on any atom is 0.263 e. The Hall–Kier alpha value is -1.01. The first kappa shape index (κ1) is 13.4. The molecule has 4 nitrogen and oxygen atoms in total. The normalized spacial score (nSPS) is 19.2. The molecule has 0 bridgehead atoms. The first-order chi connectivity index (χ1) is 8.62. The van der Waals surface area contributed by atoms with Crippen molar-refractivity contribution in [1.29, 1.82) is 0 Å². The van der Waals surface area contributed by atoms with Crippen molar-refractivity contribution in [2.45, 2.75) is 37.1 Å². The molecule has 0 radical (unpaired) electrons. The molecule has 1 saturated heterocycles. The molecule has 0 N–H and O–H groups in total. The highest BCUT2D eigenvalue weighted by molar-refractivity contribution is 7.89. The summed E-state index contributed by atoms with van der Waals surface area (Å²) in [5.74, 6) is -0.778. The number of pyridine rings is 1. The van der Waals surface area contributed by atoms with Gasteiger partial charge in [-0.05, 0) is 25.0 Å². The third-order valence-corrected chi connectivity index (χ3v) is 4.96. The number of sulfonamides is 1. The number of hydrogen-bond donors (Lipinski definition) is 0. The minimum Gasteiger partial charge on any atom is -0.241 e. The molecule has 1 aromatic heterocycles. The first-order valence-corrected chi connectivity index (χ1v) is 7.67. The van der Waals surface area contributed by atoms with Crippen LogP contribution in [0.15, 0.2) is 23.4 Å². The quantitative estimate of drug-likeness (QED) is 0.829. The summed E-state index contributed by atoms with van der Waals surface area (Å²) in [6.45, 7) is 0.913. The fourth-order valence-corrected chi connectivity index (χ4v) is 3.63. The predicted octanol–water partition coefficient (Wildman–Crippen LogP) is 2.18. The van der Waals surface area contributed by atoms with Crippen molar-refractivity contribution in [1.82, 2.24) is 9.29 Å². The second kappa shape index (κ2) is 5.75. The summed E-state index contributed by atoms with van der Waals surface area (Å²) in [5.41, 5.74) is 0. The lowest BCUT2D eigenvalue weighted by atomic mass is 10.1. The fourth-order valence-electron chi connectivity index (χ4n) is 2.14. The molecule has 2 heterocycles. The molecule has 0 amide bonds. The number of hydrogen-bond acceptors (Lipinski definition) is 3. The van der Waals surface area contributed by atoms with E-state index in [0.29, 0.717) is 13.1 Å². The summed E-state index contributed by atoms with van der Waals surface area (Å²) in [4.78, 5) is 3.67. The number of nitrogens with zero attached hydrogens (tertiary/aromatic N) is 2. The zero-order chi connectivity index (χ0) is 13.0. The van der Waals surface area contributed by atoms with Crippen LogP contribution in [-0.4, -0.2) is 30.8 Å². The molecular formula is C12H17FN2O2S. The van der Waals surface area contributed by atoms with Crippen molar-refractivity contribution in [3.63, 3.8) is 0 Å². The first-order valence-electron chi connectivity index (χ1n) is 6.23. The molecule has 1 fully saturated rings. The van der Waals surface area contributed by atoms with Gasteiger partial charge < -0.3 is 0 Å². The summed E-state index contributed by atoms with van der Waals surface area (Å²) in [6, 6.07) is 2.52. The van der Waals surface area contributed by atoms with Crippen LogP contribution in [0.5, 0.6) is 0 Å². The second-order valence-corrected chi connectivity index (χ2v) is 6.32. The van der Waals surface area contributed by atoms with E-state index in [1.165, 1.54) is 16.6 Å². The van der Waals surface area contributed by atoms with Gasteiger partial charge in [0, 0.05) is 19.3 Å². The smallest absolute Gasteiger partial charge is 0.241 e. The Bertz CT molecular complexity index is 497. The van der Waals surface area contributed by atoms with Crippen molar-refractivity contribution in [2.75, 3.05) is 13.1 Å². The zero-order valence-corrected chi connectivity index (χ0v) is 11.0. The maximum absolute atomic E-state index is 13.6. The average molecular weight is 272 g/mol. The molecule has 0 atom stereocenters. The van der Waals surface area contributed by atoms with Crippen molar-refractivity contribution >= 4 is 10.0 Å². The van der Waals surface area contributed by atoms with Gasteiger partial charge in [0.15, 0.2) is 5.82 Å². The van der Waals surface area contributed by atoms with Crippen LogP contribution in [0.3, 0.4) is 0 Å². The molecule has 0 unspecified atom stereocenters. The van der Waals surface area contributed by atoms with Gasteiger partial charge in [-0.2, -0.15) is 4.31 Å². The number of aromatic nitrogens is 1. The van der Waals surface area contributed by atoms with Gasteiger partial charge in [-0.3, -0.25) is 0 Å². The second-order valence-electron chi connectivity index (χ2n) is 4.46. The Labute approximate surface area is 107 Å². The van der Waals surface area contributed by atoms with Crippen LogP contribution in [0.1, 0.15) is 32.1 Å². The average Bonchev–Trinajstić information content (AvgIpc) is 2.28. The molecule has 6 heteroatoms. The van der Waals surface area contributed by atoms with Gasteiger partial charge in [-0.25, -0.2) is 17.8 Å². The minimum absolute atomic E-state index is 0.453. The highest BCUT2D eigenvalue weighted by Crippen LogP contribution is 2.20. The van der Waals surface area contributed by atoms with Gasteiger partial charge in [0.05, 0.1) is 0 Å². The van der Waals surface area contributed by atoms with Gasteiger partial charge in [0.25, 0.3) is 10.0 Å². The molecule has 18 heavy (non-hydrogen) atoms. The highest BCUT2D eigenvalue weighted by Gasteiger charge is 2.28. The van der Waals surface area contributed by atoms with Gasteiger partial charge in [0.1, 0.15) is 0 Å². The summed E-state index contributed by atoms with van der Waals surface area (Å²) in [6.07, 6.45) is 6.15. The Kier molecular flexibility index (Phi) is 4.29. The van der Waals surface area contributed by atoms with Crippen LogP contribution in [0.25, 0.3) is 0 Å². The SMILES string of the molecule is O=S(=O)(c1ncccc1F)N1CCCCCCC1. The number of halogens is 1. The van der Waals surface area contributed by atoms with E-state index in [-0.39, 0.29) is 0 Å². The topological polar surface area (TPSA) is 50.3 Å². The third kappa shape index (κ3) is 2.87. The van der Waals surface area contributed by atoms with Crippen LogP contribution >= 0.6 is 0 Å². The Morgan fingerprint density at radius 1 is 1.11 bits per heavy atom. The Balaban J connectivity index is 2.26. The lowest BCUT2D eigenvalue weighted by molar-refractivity contribution is 0.360. The standard InChI is InChI=1S/C12H17FN2O2S/c13-11-7-6-8-14-12(11)18(16,17)15-9-4-2-1-3-5-10-15/h6-8H,1-5,9-10H2. The van der Waals surface area contributed by atoms with E-state index in [9.17, 15) is 12.8 Å². The van der Waals surface area contributed by atoms with E-state index in [1.54, 1.807) is 0 Å². The monoisotopic (exact) mass is 272 g/mol. The molecule has 0 saturated carbocycles. The molecule has 0 aromatic carbocycles. The van der Waals surface area contributed by atoms with Gasteiger partial charge in [0.2, 0.25) is 5.03 Å². The van der Waals surface area contributed by atoms with Crippen LogP contribution in [0.4, 0.5) is 4.39 Å². The van der Waals surface area contributed by atoms with Gasteiger partial charge in [-0.15, -0.1) is 0 Å². The predicted molar refractivity (Wildman–Crippen MR) is 66.0 cm³/mol. The van der Waals surface area contributed by atoms with E-state index in [0.717, 1.165) is 38.2 Å². The molecule has 100 valence electrons. The Morgan fingerprint density at radius 2 is 1.72 bits per heavy atom. The van der Waals surface area contributed by atoms with Crippen LogP contribution in [0, 0.1) is 5.82 Å². The lowest BCUT2D eigenvalue weighted by Crippen LogP contribution is -2.34. The molecule has 2 rings (SSSR count). The molecular weight excluding hydrogens is 255 g/mol. The lowest BCUT2D eigenvalue weighted by Gasteiger charge is -2.23. The molecule has 0 aliphatic carbocycles. The van der Waals surface area contributed by atoms with E-state index >= 15 is 0 Å². The fraction of sp³-hybridized carbons (Fsp3) is 0.583. The summed E-state index contributed by atoms with van der Waals surface area (Å²) in [5, 5.41) is -0.453. The van der Waals surface area contributed by atoms with E-state index < -0.39 is 20.9 Å².